The van der Waals surface area contributed by atoms with Crippen LogP contribution < -0.4 is 5.32 Å². The summed E-state index contributed by atoms with van der Waals surface area (Å²) in [5, 5.41) is 2.74. The number of halogens is 4. The van der Waals surface area contributed by atoms with Crippen molar-refractivity contribution in [1.29, 1.82) is 0 Å². The third-order valence-electron chi connectivity index (χ3n) is 3.63. The van der Waals surface area contributed by atoms with Gasteiger partial charge in [-0.3, -0.25) is 0 Å². The van der Waals surface area contributed by atoms with E-state index in [-0.39, 0.29) is 24.2 Å². The molecule has 0 amide bonds. The summed E-state index contributed by atoms with van der Waals surface area (Å²) in [4.78, 5) is -0.427. The molecule has 2 rings (SSSR count). The molecule has 0 saturated carbocycles. The first-order valence-electron chi connectivity index (χ1n) is 6.70. The molecule has 1 aromatic rings. The van der Waals surface area contributed by atoms with Crippen molar-refractivity contribution < 1.29 is 21.6 Å². The lowest BCUT2D eigenvalue weighted by Gasteiger charge is -2.31. The molecule has 9 heteroatoms. The van der Waals surface area contributed by atoms with Gasteiger partial charge in [-0.2, -0.15) is 17.5 Å². The quantitative estimate of drug-likeness (QED) is 0.906. The zero-order valence-electron chi connectivity index (χ0n) is 11.8. The molecule has 0 spiro atoms. The van der Waals surface area contributed by atoms with Crippen molar-refractivity contribution in [1.82, 2.24) is 9.62 Å². The summed E-state index contributed by atoms with van der Waals surface area (Å²) in [5.74, 6) is 0. The van der Waals surface area contributed by atoms with Gasteiger partial charge in [0.05, 0.1) is 10.5 Å². The van der Waals surface area contributed by atoms with Crippen LogP contribution in [0.15, 0.2) is 23.1 Å². The monoisotopic (exact) mass is 356 g/mol. The van der Waals surface area contributed by atoms with Gasteiger partial charge in [0.1, 0.15) is 0 Å². The van der Waals surface area contributed by atoms with Crippen molar-refractivity contribution >= 4 is 21.6 Å². The minimum absolute atomic E-state index is 0.00945. The van der Waals surface area contributed by atoms with E-state index in [1.165, 1.54) is 4.31 Å². The highest BCUT2D eigenvalue weighted by Gasteiger charge is 2.35. The van der Waals surface area contributed by atoms with Gasteiger partial charge in [-0.05, 0) is 38.1 Å². The van der Waals surface area contributed by atoms with E-state index in [0.717, 1.165) is 12.5 Å². The van der Waals surface area contributed by atoms with E-state index in [2.05, 4.69) is 5.32 Å². The zero-order valence-corrected chi connectivity index (χ0v) is 13.4. The molecule has 1 aliphatic heterocycles. The molecule has 1 atom stereocenters. The molecule has 0 aromatic heterocycles. The topological polar surface area (TPSA) is 49.4 Å². The summed E-state index contributed by atoms with van der Waals surface area (Å²) in [6.07, 6.45) is -3.17. The fourth-order valence-electron chi connectivity index (χ4n) is 2.42. The largest absolute Gasteiger partial charge is 0.416 e. The minimum Gasteiger partial charge on any atom is -0.316 e. The molecule has 1 N–H and O–H groups in total. The van der Waals surface area contributed by atoms with Crippen molar-refractivity contribution in [3.8, 4) is 0 Å². The van der Waals surface area contributed by atoms with E-state index in [1.807, 2.05) is 0 Å². The first kappa shape index (κ1) is 17.5. The standard InChI is InChI=1S/C13H16ClF3N2O2S/c1-18-11-3-2-4-19(8-11)22(20,21)12-6-9(13(15,16)17)5-10(14)7-12/h5-7,11,18H,2-4,8H2,1H3. The number of benzene rings is 1. The van der Waals surface area contributed by atoms with E-state index in [0.29, 0.717) is 18.6 Å². The van der Waals surface area contributed by atoms with Crippen LogP contribution in [0.25, 0.3) is 0 Å². The van der Waals surface area contributed by atoms with E-state index in [9.17, 15) is 21.6 Å². The molecule has 1 aliphatic rings. The second-order valence-electron chi connectivity index (χ2n) is 5.16. The second kappa shape index (κ2) is 6.35. The van der Waals surface area contributed by atoms with Gasteiger partial charge in [-0.15, -0.1) is 0 Å². The Balaban J connectivity index is 2.39. The Morgan fingerprint density at radius 2 is 2.00 bits per heavy atom. The summed E-state index contributed by atoms with van der Waals surface area (Å²) in [6.45, 7) is 0.515. The summed E-state index contributed by atoms with van der Waals surface area (Å²) in [5.41, 5.74) is -1.07. The maximum Gasteiger partial charge on any atom is 0.416 e. The Morgan fingerprint density at radius 3 is 2.59 bits per heavy atom. The smallest absolute Gasteiger partial charge is 0.316 e. The predicted octanol–water partition coefficient (Wildman–Crippen LogP) is 2.73. The van der Waals surface area contributed by atoms with Crippen LogP contribution in [0.3, 0.4) is 0 Å². The number of nitrogens with one attached hydrogen (secondary N) is 1. The summed E-state index contributed by atoms with van der Waals surface area (Å²) < 4.78 is 64.8. The number of likely N-dealkylation sites (N-methyl/N-ethyl adjacent to an activating group) is 1. The molecule has 1 saturated heterocycles. The van der Waals surface area contributed by atoms with Crippen molar-refractivity contribution in [2.45, 2.75) is 30.0 Å². The van der Waals surface area contributed by atoms with Crippen LogP contribution in [0.2, 0.25) is 5.02 Å². The highest BCUT2D eigenvalue weighted by atomic mass is 35.5. The normalized spacial score (nSPS) is 21.0. The number of hydrogen-bond acceptors (Lipinski definition) is 3. The van der Waals surface area contributed by atoms with Crippen LogP contribution in [0.5, 0.6) is 0 Å². The summed E-state index contributed by atoms with van der Waals surface area (Å²) in [7, 11) is -2.28. The molecule has 4 nitrogen and oxygen atoms in total. The molecule has 0 radical (unpaired) electrons. The fraction of sp³-hybridized carbons (Fsp3) is 0.538. The van der Waals surface area contributed by atoms with Crippen LogP contribution in [0.1, 0.15) is 18.4 Å². The molecule has 0 aliphatic carbocycles. The molecule has 1 fully saturated rings. The van der Waals surface area contributed by atoms with Crippen LogP contribution in [-0.4, -0.2) is 38.9 Å². The molecule has 1 unspecified atom stereocenters. The lowest BCUT2D eigenvalue weighted by atomic mass is 10.1. The number of hydrogen-bond donors (Lipinski definition) is 1. The van der Waals surface area contributed by atoms with E-state index >= 15 is 0 Å². The van der Waals surface area contributed by atoms with Gasteiger partial charge >= 0.3 is 6.18 Å². The van der Waals surface area contributed by atoms with Crippen molar-refractivity contribution in [2.75, 3.05) is 20.1 Å². The van der Waals surface area contributed by atoms with Crippen LogP contribution in [-0.2, 0) is 16.2 Å². The van der Waals surface area contributed by atoms with Gasteiger partial charge in [0, 0.05) is 24.2 Å². The van der Waals surface area contributed by atoms with Crippen molar-refractivity contribution in [3.05, 3.63) is 28.8 Å². The lowest BCUT2D eigenvalue weighted by Crippen LogP contribution is -2.46. The van der Waals surface area contributed by atoms with Crippen LogP contribution >= 0.6 is 11.6 Å². The van der Waals surface area contributed by atoms with Gasteiger partial charge in [0.15, 0.2) is 0 Å². The van der Waals surface area contributed by atoms with Crippen molar-refractivity contribution in [3.63, 3.8) is 0 Å². The predicted molar refractivity (Wildman–Crippen MR) is 77.3 cm³/mol. The lowest BCUT2D eigenvalue weighted by molar-refractivity contribution is -0.137. The molecule has 1 heterocycles. The van der Waals surface area contributed by atoms with E-state index in [1.54, 1.807) is 7.05 Å². The summed E-state index contributed by atoms with van der Waals surface area (Å²) in [6, 6.07) is 2.39. The minimum atomic E-state index is -4.65. The average Bonchev–Trinajstić information content (AvgIpc) is 2.45. The van der Waals surface area contributed by atoms with Gasteiger partial charge in [0.25, 0.3) is 0 Å². The number of rotatable bonds is 3. The van der Waals surface area contributed by atoms with Gasteiger partial charge < -0.3 is 5.32 Å². The number of piperidine rings is 1. The third-order valence-corrected chi connectivity index (χ3v) is 5.69. The first-order chi connectivity index (χ1) is 10.1. The fourth-order valence-corrected chi connectivity index (χ4v) is 4.32. The molecule has 1 aromatic carbocycles. The van der Waals surface area contributed by atoms with Crippen molar-refractivity contribution in [2.24, 2.45) is 0 Å². The van der Waals surface area contributed by atoms with Gasteiger partial charge in [-0.1, -0.05) is 11.6 Å². The summed E-state index contributed by atoms with van der Waals surface area (Å²) >= 11 is 5.66. The highest BCUT2D eigenvalue weighted by Crippen LogP contribution is 2.34. The van der Waals surface area contributed by atoms with Gasteiger partial charge in [-0.25, -0.2) is 8.42 Å². The molecule has 0 bridgehead atoms. The number of alkyl halides is 3. The number of nitrogens with zero attached hydrogens (tertiary/aromatic N) is 1. The average molecular weight is 357 g/mol. The van der Waals surface area contributed by atoms with E-state index in [4.69, 9.17) is 11.6 Å². The van der Waals surface area contributed by atoms with Crippen LogP contribution in [0.4, 0.5) is 13.2 Å². The molecule has 22 heavy (non-hydrogen) atoms. The Bertz CT molecular complexity index is 649. The Hall–Kier alpha value is -0.830. The maximum absolute atomic E-state index is 12.8. The maximum atomic E-state index is 12.8. The van der Waals surface area contributed by atoms with E-state index < -0.39 is 26.7 Å². The molecule has 124 valence electrons. The Labute approximate surface area is 132 Å². The van der Waals surface area contributed by atoms with Crippen LogP contribution in [0, 0.1) is 0 Å². The number of sulfonamides is 1. The highest BCUT2D eigenvalue weighted by molar-refractivity contribution is 7.89. The molecular formula is C13H16ClF3N2O2S. The third kappa shape index (κ3) is 3.73. The zero-order chi connectivity index (χ0) is 16.5. The Morgan fingerprint density at radius 1 is 1.32 bits per heavy atom. The first-order valence-corrected chi connectivity index (χ1v) is 8.51. The van der Waals surface area contributed by atoms with Gasteiger partial charge in [0.2, 0.25) is 10.0 Å². The Kier molecular flexibility index (Phi) is 5.06. The molecular weight excluding hydrogens is 341 g/mol. The second-order valence-corrected chi connectivity index (χ2v) is 7.54. The SMILES string of the molecule is CNC1CCCN(S(=O)(=O)c2cc(Cl)cc(C(F)(F)F)c2)C1.